The maximum absolute atomic E-state index is 2.36. The Balaban J connectivity index is 1.94. The second-order valence-electron chi connectivity index (χ2n) is 7.73. The first-order chi connectivity index (χ1) is 12.6. The first kappa shape index (κ1) is 18.5. The number of hydrogen-bond donors (Lipinski definition) is 0. The van der Waals surface area contributed by atoms with Gasteiger partial charge in [0.1, 0.15) is 0 Å². The Hall–Kier alpha value is -2.34. The van der Waals surface area contributed by atoms with Crippen molar-refractivity contribution in [3.63, 3.8) is 0 Å². The van der Waals surface area contributed by atoms with Crippen LogP contribution >= 0.6 is 0 Å². The molecule has 0 N–H and O–H groups in total. The molecule has 0 aromatic heterocycles. The zero-order valence-electron chi connectivity index (χ0n) is 16.5. The summed E-state index contributed by atoms with van der Waals surface area (Å²) in [6.45, 7) is 8.93. The lowest BCUT2D eigenvalue weighted by atomic mass is 9.85. The largest absolute Gasteiger partial charge is 0.0841 e. The van der Waals surface area contributed by atoms with Gasteiger partial charge < -0.3 is 0 Å². The molecular formula is C26H30. The minimum atomic E-state index is 0.555. The van der Waals surface area contributed by atoms with Crippen molar-refractivity contribution in [1.29, 1.82) is 0 Å². The molecule has 0 nitrogen and oxygen atoms in total. The maximum atomic E-state index is 2.36. The highest BCUT2D eigenvalue weighted by molar-refractivity contribution is 5.80. The van der Waals surface area contributed by atoms with Gasteiger partial charge in [-0.2, -0.15) is 0 Å². The van der Waals surface area contributed by atoms with E-state index in [-0.39, 0.29) is 0 Å². The lowest BCUT2D eigenvalue weighted by Gasteiger charge is -2.19. The van der Waals surface area contributed by atoms with Gasteiger partial charge in [0.2, 0.25) is 0 Å². The highest BCUT2D eigenvalue weighted by Gasteiger charge is 2.14. The Bertz CT molecular complexity index is 835. The summed E-state index contributed by atoms with van der Waals surface area (Å²) in [5.41, 5.74) is 8.33. The van der Waals surface area contributed by atoms with Crippen LogP contribution in [0.25, 0.3) is 5.57 Å². The predicted molar refractivity (Wildman–Crippen MR) is 115 cm³/mol. The van der Waals surface area contributed by atoms with Crippen molar-refractivity contribution < 1.29 is 0 Å². The van der Waals surface area contributed by atoms with E-state index < -0.39 is 0 Å². The van der Waals surface area contributed by atoms with Gasteiger partial charge in [0, 0.05) is 0 Å². The SMILES string of the molecule is C/C=C1/C=CC=C(/C=C\C2=C(c3cccc(C(C)C)c3)C=CC(C)C2)C1. The van der Waals surface area contributed by atoms with Crippen molar-refractivity contribution in [2.75, 3.05) is 0 Å². The predicted octanol–water partition coefficient (Wildman–Crippen LogP) is 7.55. The van der Waals surface area contributed by atoms with Crippen LogP contribution in [-0.4, -0.2) is 0 Å². The minimum Gasteiger partial charge on any atom is -0.0841 e. The molecule has 1 atom stereocenters. The maximum Gasteiger partial charge on any atom is -0.00290 e. The highest BCUT2D eigenvalue weighted by atomic mass is 14.2. The normalized spacial score (nSPS) is 22.0. The van der Waals surface area contributed by atoms with Gasteiger partial charge in [0.25, 0.3) is 0 Å². The fourth-order valence-electron chi connectivity index (χ4n) is 3.57. The summed E-state index contributed by atoms with van der Waals surface area (Å²) in [5, 5.41) is 0. The van der Waals surface area contributed by atoms with E-state index in [4.69, 9.17) is 0 Å². The highest BCUT2D eigenvalue weighted by Crippen LogP contribution is 2.33. The average molecular weight is 343 g/mol. The summed E-state index contributed by atoms with van der Waals surface area (Å²) in [4.78, 5) is 0. The van der Waals surface area contributed by atoms with Crippen molar-refractivity contribution >= 4 is 5.57 Å². The Labute approximate surface area is 159 Å². The van der Waals surface area contributed by atoms with Gasteiger partial charge in [0.05, 0.1) is 0 Å². The van der Waals surface area contributed by atoms with Crippen LogP contribution in [0.3, 0.4) is 0 Å². The molecule has 0 fully saturated rings. The molecule has 0 spiro atoms. The smallest absolute Gasteiger partial charge is 0.00290 e. The van der Waals surface area contributed by atoms with E-state index in [9.17, 15) is 0 Å². The lowest BCUT2D eigenvalue weighted by molar-refractivity contribution is 0.720. The number of rotatable bonds is 4. The minimum absolute atomic E-state index is 0.555. The fraction of sp³-hybridized carbons (Fsp3) is 0.308. The second-order valence-corrected chi connectivity index (χ2v) is 7.73. The van der Waals surface area contributed by atoms with E-state index in [1.54, 1.807) is 0 Å². The van der Waals surface area contributed by atoms with Gasteiger partial charge >= 0.3 is 0 Å². The molecule has 0 radical (unpaired) electrons. The molecule has 1 aromatic carbocycles. The van der Waals surface area contributed by atoms with Crippen LogP contribution in [0, 0.1) is 5.92 Å². The number of hydrogen-bond acceptors (Lipinski definition) is 0. The van der Waals surface area contributed by atoms with E-state index >= 15 is 0 Å². The standard InChI is InChI=1S/C26H30/c1-5-21-8-6-9-22(17-21)13-14-25-16-20(4)12-15-26(25)24-11-7-10-23(18-24)19(2)3/h5-15,18-20H,16-17H2,1-4H3/b14-13-,21-5-. The van der Waals surface area contributed by atoms with Gasteiger partial charge in [-0.3, -0.25) is 0 Å². The molecule has 1 aromatic rings. The van der Waals surface area contributed by atoms with Crippen molar-refractivity contribution in [3.05, 3.63) is 101 Å². The van der Waals surface area contributed by atoms with Crippen LogP contribution < -0.4 is 0 Å². The molecular weight excluding hydrogens is 312 g/mol. The molecule has 0 aliphatic heterocycles. The van der Waals surface area contributed by atoms with Gasteiger partial charge in [0.15, 0.2) is 0 Å². The molecule has 0 saturated carbocycles. The van der Waals surface area contributed by atoms with Gasteiger partial charge in [-0.25, -0.2) is 0 Å². The third kappa shape index (κ3) is 4.43. The van der Waals surface area contributed by atoms with Crippen LogP contribution in [0.15, 0.2) is 89.6 Å². The summed E-state index contributed by atoms with van der Waals surface area (Å²) in [5.74, 6) is 1.15. The molecule has 3 rings (SSSR count). The Morgan fingerprint density at radius 3 is 2.73 bits per heavy atom. The molecule has 0 bridgehead atoms. The van der Waals surface area contributed by atoms with Gasteiger partial charge in [-0.05, 0) is 65.0 Å². The molecule has 0 heterocycles. The van der Waals surface area contributed by atoms with E-state index in [1.807, 2.05) is 0 Å². The zero-order chi connectivity index (χ0) is 18.5. The van der Waals surface area contributed by atoms with Crippen LogP contribution in [0.4, 0.5) is 0 Å². The summed E-state index contributed by atoms with van der Waals surface area (Å²) >= 11 is 0. The molecule has 0 amide bonds. The van der Waals surface area contributed by atoms with Crippen LogP contribution in [0.2, 0.25) is 0 Å². The molecule has 0 saturated heterocycles. The summed E-state index contributed by atoms with van der Waals surface area (Å²) in [6.07, 6.45) is 20.2. The van der Waals surface area contributed by atoms with E-state index in [2.05, 4.69) is 101 Å². The monoisotopic (exact) mass is 342 g/mol. The molecule has 26 heavy (non-hydrogen) atoms. The second kappa shape index (κ2) is 8.36. The first-order valence-electron chi connectivity index (χ1n) is 9.79. The van der Waals surface area contributed by atoms with Gasteiger partial charge in [-0.15, -0.1) is 0 Å². The topological polar surface area (TPSA) is 0 Å². The van der Waals surface area contributed by atoms with Crippen molar-refractivity contribution in [3.8, 4) is 0 Å². The quantitative estimate of drug-likeness (QED) is 0.530. The Morgan fingerprint density at radius 2 is 1.96 bits per heavy atom. The molecule has 0 heteroatoms. The lowest BCUT2D eigenvalue weighted by Crippen LogP contribution is -2.01. The van der Waals surface area contributed by atoms with Crippen molar-refractivity contribution in [2.24, 2.45) is 5.92 Å². The third-order valence-electron chi connectivity index (χ3n) is 5.24. The third-order valence-corrected chi connectivity index (χ3v) is 5.24. The van der Waals surface area contributed by atoms with Crippen LogP contribution in [0.1, 0.15) is 57.6 Å². The van der Waals surface area contributed by atoms with Crippen LogP contribution in [-0.2, 0) is 0 Å². The molecule has 2 aliphatic carbocycles. The number of benzene rings is 1. The summed E-state index contributed by atoms with van der Waals surface area (Å²) in [7, 11) is 0. The zero-order valence-corrected chi connectivity index (χ0v) is 16.5. The van der Waals surface area contributed by atoms with E-state index in [1.165, 1.54) is 33.4 Å². The fourth-order valence-corrected chi connectivity index (χ4v) is 3.57. The first-order valence-corrected chi connectivity index (χ1v) is 9.79. The van der Waals surface area contributed by atoms with E-state index in [0.717, 1.165) is 12.8 Å². The Kier molecular flexibility index (Phi) is 5.93. The average Bonchev–Trinajstić information content (AvgIpc) is 2.66. The van der Waals surface area contributed by atoms with E-state index in [0.29, 0.717) is 11.8 Å². The summed E-state index contributed by atoms with van der Waals surface area (Å²) < 4.78 is 0. The molecule has 134 valence electrons. The van der Waals surface area contributed by atoms with Gasteiger partial charge in [-0.1, -0.05) is 93.6 Å². The van der Waals surface area contributed by atoms with Crippen LogP contribution in [0.5, 0.6) is 0 Å². The summed E-state index contributed by atoms with van der Waals surface area (Å²) in [6, 6.07) is 9.03. The molecule has 2 aliphatic rings. The Morgan fingerprint density at radius 1 is 1.12 bits per heavy atom. The van der Waals surface area contributed by atoms with Crippen molar-refractivity contribution in [2.45, 2.75) is 46.5 Å². The number of allylic oxidation sites excluding steroid dienone is 12. The molecule has 1 unspecified atom stereocenters. The van der Waals surface area contributed by atoms with Crippen molar-refractivity contribution in [1.82, 2.24) is 0 Å².